The Kier molecular flexibility index (Phi) is 5.13. The first-order valence-corrected chi connectivity index (χ1v) is 7.80. The average Bonchev–Trinajstić information content (AvgIpc) is 3.11. The molecular formula is C13H18N7O3P. The van der Waals surface area contributed by atoms with Crippen LogP contribution in [0.5, 0.6) is 0 Å². The van der Waals surface area contributed by atoms with E-state index in [1.807, 2.05) is 17.7 Å². The maximum absolute atomic E-state index is 8.38. The van der Waals surface area contributed by atoms with Gasteiger partial charge in [0.2, 0.25) is 0 Å². The number of rotatable bonds is 6. The van der Waals surface area contributed by atoms with Gasteiger partial charge in [-0.1, -0.05) is 5.11 Å². The molecule has 2 N–H and O–H groups in total. The molecule has 0 aliphatic carbocycles. The molecule has 0 radical (unpaired) electrons. The van der Waals surface area contributed by atoms with E-state index >= 15 is 0 Å². The summed E-state index contributed by atoms with van der Waals surface area (Å²) in [6.07, 6.45) is 3.14. The minimum Gasteiger partial charge on any atom is -0.383 e. The van der Waals surface area contributed by atoms with Crippen LogP contribution in [0.15, 0.2) is 17.6 Å². The van der Waals surface area contributed by atoms with E-state index in [4.69, 9.17) is 25.3 Å². The highest BCUT2D eigenvalue weighted by Gasteiger charge is 2.37. The van der Waals surface area contributed by atoms with Gasteiger partial charge in [-0.25, -0.2) is 9.97 Å². The second-order valence-corrected chi connectivity index (χ2v) is 5.77. The highest BCUT2D eigenvalue weighted by Crippen LogP contribution is 2.35. The summed E-state index contributed by atoms with van der Waals surface area (Å²) in [5.74, 6) is 0.440. The van der Waals surface area contributed by atoms with E-state index in [-0.39, 0.29) is 25.2 Å². The Hall–Kier alpha value is -1.96. The first-order chi connectivity index (χ1) is 11.7. The van der Waals surface area contributed by atoms with E-state index in [2.05, 4.69) is 29.5 Å². The summed E-state index contributed by atoms with van der Waals surface area (Å²) in [4.78, 5) is 11.1. The predicted molar refractivity (Wildman–Crippen MR) is 89.8 cm³/mol. The molecule has 128 valence electrons. The first-order valence-electron chi connectivity index (χ1n) is 7.33. The molecule has 1 aliphatic rings. The van der Waals surface area contributed by atoms with Crippen molar-refractivity contribution in [1.82, 2.24) is 14.5 Å². The Morgan fingerprint density at radius 1 is 1.58 bits per heavy atom. The van der Waals surface area contributed by atoms with Crippen LogP contribution < -0.4 is 5.73 Å². The Bertz CT molecular complexity index is 776. The highest BCUT2D eigenvalue weighted by atomic mass is 31.0. The van der Waals surface area contributed by atoms with Crippen molar-refractivity contribution in [2.75, 3.05) is 19.1 Å². The van der Waals surface area contributed by atoms with Crippen molar-refractivity contribution in [2.24, 2.45) is 5.11 Å². The molecule has 1 aliphatic heterocycles. The summed E-state index contributed by atoms with van der Waals surface area (Å²) in [6.45, 7) is 2.25. The Labute approximate surface area is 140 Å². The number of nitrogen functional groups attached to an aromatic ring is 1. The molecule has 0 spiro atoms. The Morgan fingerprint density at radius 3 is 3.17 bits per heavy atom. The fourth-order valence-electron chi connectivity index (χ4n) is 2.96. The smallest absolute Gasteiger partial charge is 0.147 e. The third kappa shape index (κ3) is 3.15. The van der Waals surface area contributed by atoms with Crippen molar-refractivity contribution in [1.29, 1.82) is 0 Å². The molecule has 1 fully saturated rings. The number of hydrogen-bond acceptors (Lipinski definition) is 7. The van der Waals surface area contributed by atoms with Gasteiger partial charge in [-0.3, -0.25) is 0 Å². The molecule has 4 unspecified atom stereocenters. The lowest BCUT2D eigenvalue weighted by Crippen LogP contribution is -2.28. The van der Waals surface area contributed by atoms with Crippen LogP contribution in [0, 0.1) is 6.92 Å². The van der Waals surface area contributed by atoms with Gasteiger partial charge in [-0.15, -0.1) is 0 Å². The summed E-state index contributed by atoms with van der Waals surface area (Å²) in [5, 5.41) is 4.22. The number of azide groups is 1. The molecule has 2 aromatic rings. The molecule has 11 heteroatoms. The minimum absolute atomic E-state index is 0.0504. The normalized spacial score (nSPS) is 23.5. The van der Waals surface area contributed by atoms with Gasteiger partial charge in [0.1, 0.15) is 36.9 Å². The molecule has 0 aromatic carbocycles. The number of ether oxygens (including phenoxy) is 2. The van der Waals surface area contributed by atoms with Gasteiger partial charge < -0.3 is 24.3 Å². The topological polar surface area (TPSA) is 133 Å². The van der Waals surface area contributed by atoms with Crippen molar-refractivity contribution < 1.29 is 14.0 Å². The van der Waals surface area contributed by atoms with Gasteiger partial charge in [-0.2, -0.15) is 0 Å². The second-order valence-electron chi connectivity index (χ2n) is 5.44. The third-order valence-electron chi connectivity index (χ3n) is 3.99. The van der Waals surface area contributed by atoms with Crippen LogP contribution in [0.25, 0.3) is 21.5 Å². The molecule has 0 bridgehead atoms. The van der Waals surface area contributed by atoms with Gasteiger partial charge in [0.05, 0.1) is 18.1 Å². The van der Waals surface area contributed by atoms with Gasteiger partial charge in [-0.05, 0) is 18.0 Å². The molecule has 0 saturated carbocycles. The molecule has 3 rings (SSSR count). The van der Waals surface area contributed by atoms with Gasteiger partial charge in [0, 0.05) is 27.0 Å². The molecule has 2 aromatic heterocycles. The number of fused-ring (bicyclic) bond motifs is 1. The maximum atomic E-state index is 8.38. The van der Waals surface area contributed by atoms with Crippen LogP contribution in [0.1, 0.15) is 18.2 Å². The van der Waals surface area contributed by atoms with E-state index in [9.17, 15) is 0 Å². The quantitative estimate of drug-likeness (QED) is 0.366. The molecule has 4 atom stereocenters. The van der Waals surface area contributed by atoms with Crippen LogP contribution in [0.4, 0.5) is 5.82 Å². The largest absolute Gasteiger partial charge is 0.383 e. The number of nitrogens with two attached hydrogens (primary N) is 1. The van der Waals surface area contributed by atoms with Gasteiger partial charge in [0.25, 0.3) is 0 Å². The third-order valence-corrected chi connectivity index (χ3v) is 4.18. The average molecular weight is 351 g/mol. The number of nitrogens with zero attached hydrogens (tertiary/aromatic N) is 6. The van der Waals surface area contributed by atoms with E-state index in [1.54, 1.807) is 0 Å². The number of aromatic nitrogens is 3. The van der Waals surface area contributed by atoms with Crippen molar-refractivity contribution >= 4 is 26.3 Å². The summed E-state index contributed by atoms with van der Waals surface area (Å²) < 4.78 is 18.7. The molecule has 0 amide bonds. The molecule has 10 nitrogen and oxygen atoms in total. The van der Waals surface area contributed by atoms with Crippen molar-refractivity contribution in [3.05, 3.63) is 28.5 Å². The van der Waals surface area contributed by atoms with E-state index < -0.39 is 0 Å². The minimum atomic E-state index is -0.281. The SMILES string of the molecule is Cc1cn(C2CC(OCN=[N+]=[N-])C(COP)O2)c2ncnc(N)c12. The molecule has 1 saturated heterocycles. The van der Waals surface area contributed by atoms with Crippen molar-refractivity contribution in [3.63, 3.8) is 0 Å². The molecule has 24 heavy (non-hydrogen) atoms. The van der Waals surface area contributed by atoms with Crippen LogP contribution in [-0.4, -0.2) is 40.1 Å². The maximum Gasteiger partial charge on any atom is 0.147 e. The van der Waals surface area contributed by atoms with Crippen LogP contribution in [0.3, 0.4) is 0 Å². The van der Waals surface area contributed by atoms with Crippen LogP contribution in [-0.2, 0) is 14.0 Å². The number of aryl methyl sites for hydroxylation is 1. The van der Waals surface area contributed by atoms with E-state index in [0.717, 1.165) is 10.9 Å². The fourth-order valence-corrected chi connectivity index (χ4v) is 3.15. The van der Waals surface area contributed by atoms with Gasteiger partial charge >= 0.3 is 0 Å². The highest BCUT2D eigenvalue weighted by molar-refractivity contribution is 7.09. The van der Waals surface area contributed by atoms with Crippen molar-refractivity contribution in [3.8, 4) is 0 Å². The van der Waals surface area contributed by atoms with E-state index in [1.165, 1.54) is 6.33 Å². The van der Waals surface area contributed by atoms with Crippen molar-refractivity contribution in [2.45, 2.75) is 31.8 Å². The predicted octanol–water partition coefficient (Wildman–Crippen LogP) is 2.07. The molecule has 3 heterocycles. The van der Waals surface area contributed by atoms with Gasteiger partial charge in [0.15, 0.2) is 0 Å². The lowest BCUT2D eigenvalue weighted by Gasteiger charge is -2.17. The zero-order valence-electron chi connectivity index (χ0n) is 13.1. The second kappa shape index (κ2) is 7.29. The van der Waals surface area contributed by atoms with Crippen LogP contribution >= 0.6 is 9.47 Å². The standard InChI is InChI=1S/C13H18N7O3P/c1-7-3-20(13-11(7)12(14)16-5-17-13)10-2-8(21-6-18-19-15)9(23-10)4-22-24/h3,5,8-10H,2,4,6,24H2,1H3,(H2,14,16,17). The summed E-state index contributed by atoms with van der Waals surface area (Å²) in [6, 6.07) is 0. The Morgan fingerprint density at radius 2 is 2.42 bits per heavy atom. The Balaban J connectivity index is 1.87. The fraction of sp³-hybridized carbons (Fsp3) is 0.538. The number of anilines is 1. The lowest BCUT2D eigenvalue weighted by molar-refractivity contribution is -0.0522. The monoisotopic (exact) mass is 351 g/mol. The zero-order chi connectivity index (χ0) is 17.1. The summed E-state index contributed by atoms with van der Waals surface area (Å²) in [7, 11) is 2.20. The number of hydrogen-bond donors (Lipinski definition) is 1. The van der Waals surface area contributed by atoms with E-state index in [0.29, 0.717) is 24.5 Å². The molecular weight excluding hydrogens is 333 g/mol. The zero-order valence-corrected chi connectivity index (χ0v) is 14.2. The van der Waals surface area contributed by atoms with Crippen LogP contribution in [0.2, 0.25) is 0 Å². The lowest BCUT2D eigenvalue weighted by atomic mass is 10.2. The first kappa shape index (κ1) is 16.9. The summed E-state index contributed by atoms with van der Waals surface area (Å²) in [5.41, 5.74) is 16.0. The summed E-state index contributed by atoms with van der Waals surface area (Å²) >= 11 is 0.